The molecule has 0 fully saturated rings. The Morgan fingerprint density at radius 3 is 1.91 bits per heavy atom. The van der Waals surface area contributed by atoms with Crippen molar-refractivity contribution in [1.29, 1.82) is 0 Å². The number of hydrogen-bond acceptors (Lipinski definition) is 5. The third kappa shape index (κ3) is 11.8. The maximum Gasteiger partial charge on any atom is 0.133 e. The predicted octanol–water partition coefficient (Wildman–Crippen LogP) is 4.51. The second-order valence-corrected chi connectivity index (χ2v) is 7.95. The third-order valence-corrected chi connectivity index (χ3v) is 5.26. The number of aromatic hydroxyl groups is 1. The number of phenolic OH excluding ortho intramolecular Hbond substituents is 1. The smallest absolute Gasteiger partial charge is 0.133 e. The molecule has 0 aliphatic carbocycles. The van der Waals surface area contributed by atoms with Gasteiger partial charge >= 0.3 is 0 Å². The van der Waals surface area contributed by atoms with Crippen molar-refractivity contribution in [2.75, 3.05) is 32.7 Å². The van der Waals surface area contributed by atoms with Gasteiger partial charge < -0.3 is 14.7 Å². The van der Waals surface area contributed by atoms with E-state index in [0.29, 0.717) is 18.8 Å². The van der Waals surface area contributed by atoms with Gasteiger partial charge in [0.05, 0.1) is 13.1 Å². The molecule has 0 spiro atoms. The molecule has 2 aromatic rings. The quantitative estimate of drug-likeness (QED) is 0.438. The van der Waals surface area contributed by atoms with Crippen LogP contribution in [0, 0.1) is 0 Å². The van der Waals surface area contributed by atoms with Crippen LogP contribution in [0.3, 0.4) is 0 Å². The van der Waals surface area contributed by atoms with Gasteiger partial charge in [-0.25, -0.2) is 0 Å². The van der Waals surface area contributed by atoms with Crippen LogP contribution in [-0.4, -0.2) is 60.2 Å². The monoisotopic (exact) mass is 440 g/mol. The number of likely N-dealkylation sites (N-methyl/N-ethyl adjacent to an activating group) is 1. The lowest BCUT2D eigenvalue weighted by molar-refractivity contribution is -0.110. The Labute approximate surface area is 194 Å². The number of aldehydes is 2. The molecule has 0 aliphatic rings. The zero-order valence-electron chi connectivity index (χ0n) is 20.0. The number of nitrogens with zero attached hydrogens (tertiary/aromatic N) is 2. The summed E-state index contributed by atoms with van der Waals surface area (Å²) in [6.07, 6.45) is 6.36. The van der Waals surface area contributed by atoms with E-state index in [1.54, 1.807) is 12.1 Å². The van der Waals surface area contributed by atoms with Gasteiger partial charge in [0.25, 0.3) is 0 Å². The summed E-state index contributed by atoms with van der Waals surface area (Å²) in [7, 11) is 0. The van der Waals surface area contributed by atoms with Crippen molar-refractivity contribution in [2.24, 2.45) is 0 Å². The van der Waals surface area contributed by atoms with Gasteiger partial charge in [0.1, 0.15) is 18.3 Å². The van der Waals surface area contributed by atoms with Crippen LogP contribution in [0.1, 0.15) is 50.3 Å². The lowest BCUT2D eigenvalue weighted by Gasteiger charge is -2.24. The molecule has 0 atom stereocenters. The molecule has 0 heterocycles. The molecule has 0 aliphatic heterocycles. The van der Waals surface area contributed by atoms with Crippen LogP contribution in [0.2, 0.25) is 0 Å². The molecule has 2 aromatic carbocycles. The van der Waals surface area contributed by atoms with Crippen LogP contribution in [-0.2, 0) is 29.0 Å². The van der Waals surface area contributed by atoms with E-state index in [1.807, 2.05) is 19.1 Å². The summed E-state index contributed by atoms with van der Waals surface area (Å²) in [6.45, 7) is 10.5. The highest BCUT2D eigenvalue weighted by Gasteiger charge is 2.09. The van der Waals surface area contributed by atoms with Crippen molar-refractivity contribution in [3.05, 3.63) is 65.2 Å². The van der Waals surface area contributed by atoms with Gasteiger partial charge in [0.2, 0.25) is 0 Å². The molecule has 0 unspecified atom stereocenters. The molecule has 0 saturated heterocycles. The number of rotatable bonds is 14. The molecule has 1 N–H and O–H groups in total. The highest BCUT2D eigenvalue weighted by Crippen LogP contribution is 2.11. The van der Waals surface area contributed by atoms with Crippen LogP contribution >= 0.6 is 0 Å². The SMILES string of the molecule is CCCc1ccc(O)cc1.CCCc1cccc(CN(CC=O)CCN(CC)CC=O)c1. The summed E-state index contributed by atoms with van der Waals surface area (Å²) < 4.78 is 0. The molecule has 0 amide bonds. The summed E-state index contributed by atoms with van der Waals surface area (Å²) in [5.74, 6) is 0.347. The Bertz CT molecular complexity index is 762. The van der Waals surface area contributed by atoms with Crippen LogP contribution in [0.15, 0.2) is 48.5 Å². The topological polar surface area (TPSA) is 60.9 Å². The molecule has 32 heavy (non-hydrogen) atoms. The number of benzene rings is 2. The maximum absolute atomic E-state index is 10.9. The number of hydrogen-bond donors (Lipinski definition) is 1. The van der Waals surface area contributed by atoms with Gasteiger partial charge in [-0.05, 0) is 48.2 Å². The van der Waals surface area contributed by atoms with Gasteiger partial charge in [-0.1, -0.05) is 70.0 Å². The molecular formula is C27H40N2O3. The molecule has 0 radical (unpaired) electrons. The van der Waals surface area contributed by atoms with Crippen molar-refractivity contribution < 1.29 is 14.7 Å². The molecule has 0 aromatic heterocycles. The van der Waals surface area contributed by atoms with Gasteiger partial charge in [-0.2, -0.15) is 0 Å². The van der Waals surface area contributed by atoms with E-state index in [0.717, 1.165) is 64.4 Å². The van der Waals surface area contributed by atoms with E-state index in [1.165, 1.54) is 16.7 Å². The Kier molecular flexibility index (Phi) is 14.7. The lowest BCUT2D eigenvalue weighted by atomic mass is 10.1. The van der Waals surface area contributed by atoms with Crippen molar-refractivity contribution >= 4 is 12.6 Å². The van der Waals surface area contributed by atoms with Crippen molar-refractivity contribution in [3.8, 4) is 5.75 Å². The fraction of sp³-hybridized carbons (Fsp3) is 0.481. The zero-order chi connectivity index (χ0) is 23.6. The first-order chi connectivity index (χ1) is 15.6. The molecule has 2 rings (SSSR count). The molecular weight excluding hydrogens is 400 g/mol. The minimum Gasteiger partial charge on any atom is -0.508 e. The van der Waals surface area contributed by atoms with Gasteiger partial charge in [-0.15, -0.1) is 0 Å². The fourth-order valence-corrected chi connectivity index (χ4v) is 3.49. The van der Waals surface area contributed by atoms with E-state index in [9.17, 15) is 9.59 Å². The van der Waals surface area contributed by atoms with Crippen molar-refractivity contribution in [1.82, 2.24) is 9.80 Å². The third-order valence-electron chi connectivity index (χ3n) is 5.26. The van der Waals surface area contributed by atoms with Crippen LogP contribution in [0.5, 0.6) is 5.75 Å². The maximum atomic E-state index is 10.9. The van der Waals surface area contributed by atoms with Gasteiger partial charge in [0.15, 0.2) is 0 Å². The summed E-state index contributed by atoms with van der Waals surface area (Å²) in [5, 5.41) is 8.92. The first kappa shape index (κ1) is 27.5. The second-order valence-electron chi connectivity index (χ2n) is 7.95. The molecule has 5 heteroatoms. The van der Waals surface area contributed by atoms with E-state index in [2.05, 4.69) is 47.9 Å². The van der Waals surface area contributed by atoms with E-state index < -0.39 is 0 Å². The van der Waals surface area contributed by atoms with Crippen molar-refractivity contribution in [3.63, 3.8) is 0 Å². The average molecular weight is 441 g/mol. The first-order valence-electron chi connectivity index (χ1n) is 11.7. The number of carbonyl (C=O) groups excluding carboxylic acids is 2. The standard InChI is InChI=1S/C18H28N2O2.C9H12O/c1-3-6-17-7-5-8-18(15-17)16-20(12-14-22)10-9-19(4-2)11-13-21;1-2-3-8-4-6-9(10)7-5-8/h5,7-8,13-15H,3-4,6,9-12,16H2,1-2H3;4-7,10H,2-3H2,1H3. The lowest BCUT2D eigenvalue weighted by Crippen LogP contribution is -2.36. The summed E-state index contributed by atoms with van der Waals surface area (Å²) >= 11 is 0. The fourth-order valence-electron chi connectivity index (χ4n) is 3.49. The Morgan fingerprint density at radius 1 is 0.750 bits per heavy atom. The van der Waals surface area contributed by atoms with Crippen molar-refractivity contribution in [2.45, 2.75) is 53.0 Å². The minimum atomic E-state index is 0.347. The molecule has 0 saturated carbocycles. The highest BCUT2D eigenvalue weighted by atomic mass is 16.3. The van der Waals surface area contributed by atoms with Gasteiger partial charge in [-0.3, -0.25) is 9.80 Å². The Hall–Kier alpha value is -2.50. The highest BCUT2D eigenvalue weighted by molar-refractivity contribution is 5.52. The average Bonchev–Trinajstić information content (AvgIpc) is 2.79. The van der Waals surface area contributed by atoms with E-state index in [-0.39, 0.29) is 0 Å². The van der Waals surface area contributed by atoms with E-state index >= 15 is 0 Å². The molecule has 176 valence electrons. The normalized spacial score (nSPS) is 10.7. The number of aryl methyl sites for hydroxylation is 2. The van der Waals surface area contributed by atoms with Gasteiger partial charge in [0, 0.05) is 19.6 Å². The number of carbonyl (C=O) groups is 2. The van der Waals surface area contributed by atoms with Crippen LogP contribution in [0.25, 0.3) is 0 Å². The molecule has 0 bridgehead atoms. The Balaban J connectivity index is 0.000000425. The summed E-state index contributed by atoms with van der Waals surface area (Å²) in [4.78, 5) is 25.7. The minimum absolute atomic E-state index is 0.347. The number of phenols is 1. The largest absolute Gasteiger partial charge is 0.508 e. The Morgan fingerprint density at radius 2 is 1.31 bits per heavy atom. The first-order valence-corrected chi connectivity index (χ1v) is 11.7. The predicted molar refractivity (Wildman–Crippen MR) is 132 cm³/mol. The van der Waals surface area contributed by atoms with Crippen LogP contribution < -0.4 is 0 Å². The van der Waals surface area contributed by atoms with Crippen LogP contribution in [0.4, 0.5) is 0 Å². The summed E-state index contributed by atoms with van der Waals surface area (Å²) in [6, 6.07) is 15.9. The van der Waals surface area contributed by atoms with E-state index in [4.69, 9.17) is 5.11 Å². The summed E-state index contributed by atoms with van der Waals surface area (Å²) in [5.41, 5.74) is 3.88. The second kappa shape index (κ2) is 17.1. The zero-order valence-corrected chi connectivity index (χ0v) is 20.0. The molecule has 5 nitrogen and oxygen atoms in total.